The lowest BCUT2D eigenvalue weighted by atomic mass is 9.78. The van der Waals surface area contributed by atoms with Crippen molar-refractivity contribution in [1.82, 2.24) is 19.4 Å². The van der Waals surface area contributed by atoms with E-state index in [0.717, 1.165) is 82.3 Å². The van der Waals surface area contributed by atoms with Crippen LogP contribution in [0, 0.1) is 11.7 Å². The summed E-state index contributed by atoms with van der Waals surface area (Å²) in [6, 6.07) is 16.1. The second-order valence-electron chi connectivity index (χ2n) is 11.9. The number of imidazole rings is 1. The largest absolute Gasteiger partial charge is 0.481 e. The van der Waals surface area contributed by atoms with Gasteiger partial charge >= 0.3 is 5.97 Å². The number of halogens is 1. The summed E-state index contributed by atoms with van der Waals surface area (Å²) in [6.07, 6.45) is 9.73. The van der Waals surface area contributed by atoms with E-state index in [1.807, 2.05) is 12.4 Å². The van der Waals surface area contributed by atoms with E-state index >= 15 is 0 Å². The van der Waals surface area contributed by atoms with Gasteiger partial charge in [-0.15, -0.1) is 0 Å². The lowest BCUT2D eigenvalue weighted by Gasteiger charge is -2.44. The van der Waals surface area contributed by atoms with Crippen LogP contribution in [0.3, 0.4) is 0 Å². The Labute approximate surface area is 224 Å². The SMILES string of the molecule is O=C(O)CC1(N2CC(CN3CCC(n4cnc5cc(F)ccc54)CC3)C(c3ccccc3)C2)CCCCC1. The van der Waals surface area contributed by atoms with Crippen LogP contribution < -0.4 is 0 Å². The third-order valence-corrected chi connectivity index (χ3v) is 9.58. The number of hydrogen-bond acceptors (Lipinski definition) is 4. The Balaban J connectivity index is 1.16. The zero-order chi connectivity index (χ0) is 26.1. The summed E-state index contributed by atoms with van der Waals surface area (Å²) < 4.78 is 15.9. The van der Waals surface area contributed by atoms with Gasteiger partial charge in [0.05, 0.1) is 23.8 Å². The number of carboxylic acids is 1. The van der Waals surface area contributed by atoms with Crippen LogP contribution >= 0.6 is 0 Å². The molecule has 0 radical (unpaired) electrons. The average Bonchev–Trinajstić information content (AvgIpc) is 3.54. The maximum Gasteiger partial charge on any atom is 0.305 e. The lowest BCUT2D eigenvalue weighted by Crippen LogP contribution is -2.50. The van der Waals surface area contributed by atoms with Gasteiger partial charge in [0.1, 0.15) is 5.82 Å². The van der Waals surface area contributed by atoms with E-state index in [2.05, 4.69) is 49.7 Å². The Morgan fingerprint density at radius 2 is 1.79 bits per heavy atom. The van der Waals surface area contributed by atoms with Gasteiger partial charge in [0.2, 0.25) is 0 Å². The molecule has 2 saturated heterocycles. The number of hydrogen-bond donors (Lipinski definition) is 1. The highest BCUT2D eigenvalue weighted by Crippen LogP contribution is 2.44. The van der Waals surface area contributed by atoms with Gasteiger partial charge in [0.25, 0.3) is 0 Å². The van der Waals surface area contributed by atoms with Crippen molar-refractivity contribution < 1.29 is 14.3 Å². The topological polar surface area (TPSA) is 61.6 Å². The fourth-order valence-corrected chi connectivity index (χ4v) is 7.63. The van der Waals surface area contributed by atoms with E-state index < -0.39 is 5.97 Å². The summed E-state index contributed by atoms with van der Waals surface area (Å²) >= 11 is 0. The van der Waals surface area contributed by atoms with Crippen LogP contribution in [0.4, 0.5) is 4.39 Å². The molecule has 3 aliphatic rings. The normalized spacial score (nSPS) is 25.2. The minimum Gasteiger partial charge on any atom is -0.481 e. The molecule has 0 spiro atoms. The number of likely N-dealkylation sites (tertiary alicyclic amines) is 2. The molecule has 38 heavy (non-hydrogen) atoms. The van der Waals surface area contributed by atoms with Crippen LogP contribution in [0.25, 0.3) is 11.0 Å². The summed E-state index contributed by atoms with van der Waals surface area (Å²) in [5.41, 5.74) is 2.92. The molecule has 3 aromatic rings. The van der Waals surface area contributed by atoms with Gasteiger partial charge in [-0.2, -0.15) is 0 Å². The maximum absolute atomic E-state index is 13.6. The monoisotopic (exact) mass is 518 g/mol. The predicted molar refractivity (Wildman–Crippen MR) is 147 cm³/mol. The van der Waals surface area contributed by atoms with Gasteiger partial charge in [-0.25, -0.2) is 9.37 Å². The first-order valence-electron chi connectivity index (χ1n) is 14.4. The molecule has 202 valence electrons. The summed E-state index contributed by atoms with van der Waals surface area (Å²) in [5, 5.41) is 9.82. The molecular weight excluding hydrogens is 479 g/mol. The Morgan fingerprint density at radius 1 is 1.03 bits per heavy atom. The highest BCUT2D eigenvalue weighted by atomic mass is 19.1. The number of piperidine rings is 1. The smallest absolute Gasteiger partial charge is 0.305 e. The number of aromatic nitrogens is 2. The number of carbonyl (C=O) groups is 1. The second-order valence-corrected chi connectivity index (χ2v) is 11.9. The minimum atomic E-state index is -0.663. The quantitative estimate of drug-likeness (QED) is 0.434. The molecule has 1 N–H and O–H groups in total. The molecule has 1 saturated carbocycles. The van der Waals surface area contributed by atoms with E-state index in [4.69, 9.17) is 0 Å². The minimum absolute atomic E-state index is 0.194. The second kappa shape index (κ2) is 10.8. The van der Waals surface area contributed by atoms with E-state index in [0.29, 0.717) is 17.9 Å². The fraction of sp³-hybridized carbons (Fsp3) is 0.548. The Morgan fingerprint density at radius 3 is 2.53 bits per heavy atom. The van der Waals surface area contributed by atoms with Crippen molar-refractivity contribution in [2.75, 3.05) is 32.7 Å². The zero-order valence-electron chi connectivity index (χ0n) is 22.1. The number of rotatable bonds is 7. The highest BCUT2D eigenvalue weighted by Gasteiger charge is 2.46. The molecule has 1 aliphatic carbocycles. The Bertz CT molecular complexity index is 1250. The van der Waals surface area contributed by atoms with Crippen molar-refractivity contribution in [3.8, 4) is 0 Å². The average molecular weight is 519 g/mol. The van der Waals surface area contributed by atoms with Crippen LogP contribution in [0.5, 0.6) is 0 Å². The van der Waals surface area contributed by atoms with Gasteiger partial charge in [0, 0.05) is 56.3 Å². The summed E-state index contributed by atoms with van der Waals surface area (Å²) in [7, 11) is 0. The molecule has 3 heterocycles. The van der Waals surface area contributed by atoms with Crippen LogP contribution in [0.15, 0.2) is 54.9 Å². The molecule has 2 atom stereocenters. The predicted octanol–water partition coefficient (Wildman–Crippen LogP) is 5.71. The van der Waals surface area contributed by atoms with Crippen LogP contribution in [-0.4, -0.2) is 68.7 Å². The van der Waals surface area contributed by atoms with Gasteiger partial charge < -0.3 is 14.6 Å². The van der Waals surface area contributed by atoms with Crippen molar-refractivity contribution in [2.24, 2.45) is 5.92 Å². The van der Waals surface area contributed by atoms with Crippen LogP contribution in [-0.2, 0) is 4.79 Å². The zero-order valence-corrected chi connectivity index (χ0v) is 22.1. The van der Waals surface area contributed by atoms with E-state index in [-0.39, 0.29) is 17.8 Å². The molecule has 0 amide bonds. The van der Waals surface area contributed by atoms with Crippen LogP contribution in [0.2, 0.25) is 0 Å². The van der Waals surface area contributed by atoms with Gasteiger partial charge in [-0.3, -0.25) is 9.69 Å². The summed E-state index contributed by atoms with van der Waals surface area (Å²) in [5.74, 6) is 0.00515. The molecule has 0 bridgehead atoms. The molecule has 1 aromatic heterocycles. The third kappa shape index (κ3) is 5.10. The molecule has 3 fully saturated rings. The first kappa shape index (κ1) is 25.5. The maximum atomic E-state index is 13.6. The van der Waals surface area contributed by atoms with Crippen molar-refractivity contribution in [1.29, 1.82) is 0 Å². The summed E-state index contributed by atoms with van der Waals surface area (Å²) in [4.78, 5) is 21.6. The van der Waals surface area contributed by atoms with Crippen molar-refractivity contribution in [3.05, 3.63) is 66.2 Å². The molecular formula is C31H39FN4O2. The van der Waals surface area contributed by atoms with Crippen molar-refractivity contribution in [2.45, 2.75) is 68.9 Å². The highest BCUT2D eigenvalue weighted by molar-refractivity contribution is 5.75. The molecule has 7 heteroatoms. The van der Waals surface area contributed by atoms with Gasteiger partial charge in [0.15, 0.2) is 0 Å². The standard InChI is InChI=1S/C31H39FN4O2/c32-25-9-10-29-28(17-25)33-22-36(29)26-11-15-34(16-12-26)19-24-20-35(21-27(24)23-7-3-1-4-8-23)31(18-30(37)38)13-5-2-6-14-31/h1,3-4,7-10,17,22,24,26-27H,2,5-6,11-16,18-21H2,(H,37,38). The molecule has 6 rings (SSSR count). The van der Waals surface area contributed by atoms with E-state index in [1.54, 1.807) is 0 Å². The third-order valence-electron chi connectivity index (χ3n) is 9.58. The number of fused-ring (bicyclic) bond motifs is 1. The number of benzene rings is 2. The first-order valence-corrected chi connectivity index (χ1v) is 14.4. The van der Waals surface area contributed by atoms with Crippen molar-refractivity contribution >= 4 is 17.0 Å². The lowest BCUT2D eigenvalue weighted by molar-refractivity contribution is -0.141. The van der Waals surface area contributed by atoms with Gasteiger partial charge in [-0.05, 0) is 49.3 Å². The molecule has 2 aromatic carbocycles. The van der Waals surface area contributed by atoms with Crippen LogP contribution in [0.1, 0.15) is 68.9 Å². The first-order chi connectivity index (χ1) is 18.5. The van der Waals surface area contributed by atoms with Gasteiger partial charge in [-0.1, -0.05) is 49.6 Å². The van der Waals surface area contributed by atoms with Crippen molar-refractivity contribution in [3.63, 3.8) is 0 Å². The molecule has 2 aliphatic heterocycles. The Hall–Kier alpha value is -2.77. The number of aliphatic carboxylic acids is 1. The number of carboxylic acid groups (broad SMARTS) is 1. The van der Waals surface area contributed by atoms with E-state index in [1.165, 1.54) is 24.1 Å². The molecule has 2 unspecified atom stereocenters. The fourth-order valence-electron chi connectivity index (χ4n) is 7.63. The molecule has 6 nitrogen and oxygen atoms in total. The van der Waals surface area contributed by atoms with E-state index in [9.17, 15) is 14.3 Å². The Kier molecular flexibility index (Phi) is 7.23. The number of nitrogens with zero attached hydrogens (tertiary/aromatic N) is 4. The summed E-state index contributed by atoms with van der Waals surface area (Å²) in [6.45, 7) is 5.04.